The standard InChI is InChI=1S/C9H16N2O4/c1-3-4-5-6(2)11(9(10)15)7(12)8(13)14/h6H,3-5H2,1-2H3,(H2,10,15)(H,13,14). The van der Waals surface area contributed by atoms with Crippen LogP contribution in [-0.2, 0) is 9.59 Å². The molecule has 0 aromatic heterocycles. The molecule has 86 valence electrons. The third kappa shape index (κ3) is 3.97. The Morgan fingerprint density at radius 3 is 2.27 bits per heavy atom. The van der Waals surface area contributed by atoms with Crippen LogP contribution in [0.4, 0.5) is 4.79 Å². The first-order chi connectivity index (χ1) is 6.91. The van der Waals surface area contributed by atoms with E-state index in [1.54, 1.807) is 6.92 Å². The first-order valence-corrected chi connectivity index (χ1v) is 4.77. The average Bonchev–Trinajstić information content (AvgIpc) is 2.14. The van der Waals surface area contributed by atoms with E-state index in [0.717, 1.165) is 12.8 Å². The maximum atomic E-state index is 11.1. The van der Waals surface area contributed by atoms with Crippen molar-refractivity contribution in [1.82, 2.24) is 4.90 Å². The van der Waals surface area contributed by atoms with E-state index in [4.69, 9.17) is 10.8 Å². The monoisotopic (exact) mass is 216 g/mol. The number of urea groups is 1. The summed E-state index contributed by atoms with van der Waals surface area (Å²) < 4.78 is 0. The Kier molecular flexibility index (Phi) is 5.36. The number of nitrogens with zero attached hydrogens (tertiary/aromatic N) is 1. The molecule has 1 unspecified atom stereocenters. The average molecular weight is 216 g/mol. The van der Waals surface area contributed by atoms with Crippen molar-refractivity contribution in [3.63, 3.8) is 0 Å². The topological polar surface area (TPSA) is 101 Å². The molecular weight excluding hydrogens is 200 g/mol. The Bertz CT molecular complexity index is 265. The SMILES string of the molecule is CCCCC(C)N(C(N)=O)C(=O)C(=O)O. The zero-order valence-corrected chi connectivity index (χ0v) is 8.90. The minimum absolute atomic E-state index is 0.481. The highest BCUT2D eigenvalue weighted by atomic mass is 16.4. The van der Waals surface area contributed by atoms with Gasteiger partial charge in [-0.2, -0.15) is 0 Å². The number of carboxylic acid groups (broad SMARTS) is 1. The van der Waals surface area contributed by atoms with E-state index in [0.29, 0.717) is 11.3 Å². The summed E-state index contributed by atoms with van der Waals surface area (Å²) in [5, 5.41) is 8.48. The Morgan fingerprint density at radius 2 is 1.93 bits per heavy atom. The fourth-order valence-electron chi connectivity index (χ4n) is 1.25. The number of primary amides is 1. The highest BCUT2D eigenvalue weighted by Crippen LogP contribution is 2.08. The fraction of sp³-hybridized carbons (Fsp3) is 0.667. The van der Waals surface area contributed by atoms with E-state index in [1.807, 2.05) is 6.92 Å². The highest BCUT2D eigenvalue weighted by Gasteiger charge is 2.29. The quantitative estimate of drug-likeness (QED) is 0.670. The van der Waals surface area contributed by atoms with Crippen LogP contribution in [0.3, 0.4) is 0 Å². The highest BCUT2D eigenvalue weighted by molar-refractivity contribution is 6.34. The lowest BCUT2D eigenvalue weighted by molar-refractivity contribution is -0.155. The summed E-state index contributed by atoms with van der Waals surface area (Å²) in [6.45, 7) is 3.56. The number of rotatable bonds is 4. The Labute approximate surface area is 88.0 Å². The van der Waals surface area contributed by atoms with Crippen molar-refractivity contribution in [2.45, 2.75) is 39.2 Å². The molecule has 0 aromatic carbocycles. The van der Waals surface area contributed by atoms with Gasteiger partial charge in [0.05, 0.1) is 0 Å². The molecule has 0 saturated heterocycles. The molecule has 0 saturated carbocycles. The molecule has 0 aliphatic rings. The van der Waals surface area contributed by atoms with E-state index in [2.05, 4.69) is 0 Å². The van der Waals surface area contributed by atoms with Crippen molar-refractivity contribution in [3.8, 4) is 0 Å². The lowest BCUT2D eigenvalue weighted by Crippen LogP contribution is -2.49. The van der Waals surface area contributed by atoms with Gasteiger partial charge in [0, 0.05) is 6.04 Å². The van der Waals surface area contributed by atoms with Crippen molar-refractivity contribution < 1.29 is 19.5 Å². The summed E-state index contributed by atoms with van der Waals surface area (Å²) in [4.78, 5) is 33.0. The Hall–Kier alpha value is -1.59. The number of carbonyl (C=O) groups excluding carboxylic acids is 2. The molecule has 0 spiro atoms. The Balaban J connectivity index is 4.59. The first-order valence-electron chi connectivity index (χ1n) is 4.77. The fourth-order valence-corrected chi connectivity index (χ4v) is 1.25. The van der Waals surface area contributed by atoms with Gasteiger partial charge in [-0.1, -0.05) is 19.8 Å². The van der Waals surface area contributed by atoms with Crippen LogP contribution in [0.15, 0.2) is 0 Å². The smallest absolute Gasteiger partial charge is 0.395 e. The van der Waals surface area contributed by atoms with E-state index < -0.39 is 23.9 Å². The number of hydrogen-bond acceptors (Lipinski definition) is 3. The zero-order valence-electron chi connectivity index (χ0n) is 8.90. The normalized spacial score (nSPS) is 11.9. The molecule has 0 aromatic rings. The minimum atomic E-state index is -1.67. The summed E-state index contributed by atoms with van der Waals surface area (Å²) in [7, 11) is 0. The van der Waals surface area contributed by atoms with Gasteiger partial charge in [0.15, 0.2) is 0 Å². The van der Waals surface area contributed by atoms with Gasteiger partial charge in [0.25, 0.3) is 0 Å². The molecule has 0 aliphatic heterocycles. The number of amides is 3. The van der Waals surface area contributed by atoms with E-state index in [-0.39, 0.29) is 0 Å². The van der Waals surface area contributed by atoms with Gasteiger partial charge >= 0.3 is 17.9 Å². The predicted molar refractivity (Wildman–Crippen MR) is 53.1 cm³/mol. The van der Waals surface area contributed by atoms with Crippen LogP contribution < -0.4 is 5.73 Å². The number of hydrogen-bond donors (Lipinski definition) is 2. The van der Waals surface area contributed by atoms with Crippen molar-refractivity contribution in [2.24, 2.45) is 5.73 Å². The molecule has 0 aliphatic carbocycles. The van der Waals surface area contributed by atoms with Crippen LogP contribution in [0.1, 0.15) is 33.1 Å². The number of carboxylic acids is 1. The zero-order chi connectivity index (χ0) is 12.0. The number of carbonyl (C=O) groups is 3. The summed E-state index contributed by atoms with van der Waals surface area (Å²) in [5.41, 5.74) is 4.95. The molecule has 0 rings (SSSR count). The molecule has 15 heavy (non-hydrogen) atoms. The summed E-state index contributed by atoms with van der Waals surface area (Å²) in [5.74, 6) is -2.94. The second-order valence-electron chi connectivity index (χ2n) is 3.31. The third-order valence-corrected chi connectivity index (χ3v) is 2.06. The minimum Gasteiger partial charge on any atom is -0.474 e. The van der Waals surface area contributed by atoms with Crippen LogP contribution in [0, 0.1) is 0 Å². The summed E-state index contributed by atoms with van der Waals surface area (Å²) in [6, 6.07) is -1.50. The van der Waals surface area contributed by atoms with E-state index in [1.165, 1.54) is 0 Å². The molecule has 3 amide bonds. The predicted octanol–water partition coefficient (Wildman–Crippen LogP) is 0.557. The summed E-state index contributed by atoms with van der Waals surface area (Å²) in [6.07, 6.45) is 2.26. The number of nitrogens with two attached hydrogens (primary N) is 1. The molecule has 0 heterocycles. The summed E-state index contributed by atoms with van der Waals surface area (Å²) >= 11 is 0. The van der Waals surface area contributed by atoms with Crippen LogP contribution in [-0.4, -0.2) is 34.0 Å². The molecule has 0 bridgehead atoms. The van der Waals surface area contributed by atoms with Crippen molar-refractivity contribution in [3.05, 3.63) is 0 Å². The number of aliphatic carboxylic acids is 1. The lowest BCUT2D eigenvalue weighted by atomic mass is 10.1. The second kappa shape index (κ2) is 6.00. The number of imide groups is 1. The molecule has 0 fully saturated rings. The van der Waals surface area contributed by atoms with Gasteiger partial charge in [0.1, 0.15) is 0 Å². The van der Waals surface area contributed by atoms with E-state index >= 15 is 0 Å². The molecular formula is C9H16N2O4. The third-order valence-electron chi connectivity index (χ3n) is 2.06. The molecule has 6 heteroatoms. The van der Waals surface area contributed by atoms with Gasteiger partial charge in [-0.25, -0.2) is 9.59 Å². The molecule has 0 radical (unpaired) electrons. The van der Waals surface area contributed by atoms with Crippen LogP contribution in [0.25, 0.3) is 0 Å². The van der Waals surface area contributed by atoms with Crippen molar-refractivity contribution in [2.75, 3.05) is 0 Å². The van der Waals surface area contributed by atoms with Crippen LogP contribution in [0.5, 0.6) is 0 Å². The van der Waals surface area contributed by atoms with E-state index in [9.17, 15) is 14.4 Å². The van der Waals surface area contributed by atoms with Crippen LogP contribution >= 0.6 is 0 Å². The second-order valence-corrected chi connectivity index (χ2v) is 3.31. The van der Waals surface area contributed by atoms with Gasteiger partial charge in [-0.3, -0.25) is 9.69 Å². The molecule has 1 atom stereocenters. The lowest BCUT2D eigenvalue weighted by Gasteiger charge is -2.23. The van der Waals surface area contributed by atoms with Gasteiger partial charge < -0.3 is 10.8 Å². The maximum absolute atomic E-state index is 11.1. The largest absolute Gasteiger partial charge is 0.474 e. The van der Waals surface area contributed by atoms with Crippen molar-refractivity contribution in [1.29, 1.82) is 0 Å². The van der Waals surface area contributed by atoms with Gasteiger partial charge in [-0.05, 0) is 13.3 Å². The molecule has 6 nitrogen and oxygen atoms in total. The maximum Gasteiger partial charge on any atom is 0.395 e. The number of unbranched alkanes of at least 4 members (excludes halogenated alkanes) is 1. The molecule has 3 N–H and O–H groups in total. The van der Waals surface area contributed by atoms with Crippen molar-refractivity contribution >= 4 is 17.9 Å². The van der Waals surface area contributed by atoms with Gasteiger partial charge in [0.2, 0.25) is 0 Å². The van der Waals surface area contributed by atoms with Crippen LogP contribution in [0.2, 0.25) is 0 Å². The first kappa shape index (κ1) is 13.4. The van der Waals surface area contributed by atoms with Gasteiger partial charge in [-0.15, -0.1) is 0 Å². The Morgan fingerprint density at radius 1 is 1.40 bits per heavy atom.